The minimum absolute atomic E-state index is 0.0422. The van der Waals surface area contributed by atoms with E-state index >= 15 is 0 Å². The van der Waals surface area contributed by atoms with Gasteiger partial charge in [-0.05, 0) is 44.4 Å². The molecule has 0 bridgehead atoms. The minimum Gasteiger partial charge on any atom is -0.352 e. The third-order valence-electron chi connectivity index (χ3n) is 4.48. The summed E-state index contributed by atoms with van der Waals surface area (Å²) in [4.78, 5) is 23.4. The number of carbonyl (C=O) groups excluding carboxylic acids is 1. The highest BCUT2D eigenvalue weighted by Crippen LogP contribution is 2.22. The van der Waals surface area contributed by atoms with Crippen molar-refractivity contribution in [1.82, 2.24) is 20.2 Å². The zero-order valence-corrected chi connectivity index (χ0v) is 15.8. The highest BCUT2D eigenvalue weighted by Gasteiger charge is 2.19. The van der Waals surface area contributed by atoms with Crippen LogP contribution in [0, 0.1) is 5.92 Å². The molecule has 1 aliphatic heterocycles. The summed E-state index contributed by atoms with van der Waals surface area (Å²) in [5.41, 5.74) is 1.81. The second-order valence-electron chi connectivity index (χ2n) is 7.04. The molecule has 2 aromatic heterocycles. The Balaban J connectivity index is 1.48. The zero-order chi connectivity index (χ0) is 17.6. The highest BCUT2D eigenvalue weighted by atomic mass is 32.1. The van der Waals surface area contributed by atoms with Crippen molar-refractivity contribution in [3.63, 3.8) is 0 Å². The van der Waals surface area contributed by atoms with Crippen LogP contribution in [0.15, 0.2) is 29.9 Å². The number of rotatable bonds is 6. The van der Waals surface area contributed by atoms with Crippen molar-refractivity contribution in [3.8, 4) is 10.6 Å². The van der Waals surface area contributed by atoms with Crippen LogP contribution in [-0.4, -0.2) is 46.5 Å². The van der Waals surface area contributed by atoms with E-state index in [0.29, 0.717) is 6.42 Å². The van der Waals surface area contributed by atoms with E-state index < -0.39 is 0 Å². The Kier molecular flexibility index (Phi) is 6.15. The molecule has 6 heteroatoms. The van der Waals surface area contributed by atoms with Crippen LogP contribution in [0.2, 0.25) is 0 Å². The first-order valence-corrected chi connectivity index (χ1v) is 9.84. The van der Waals surface area contributed by atoms with Gasteiger partial charge in [0.15, 0.2) is 0 Å². The van der Waals surface area contributed by atoms with Gasteiger partial charge in [-0.2, -0.15) is 0 Å². The predicted molar refractivity (Wildman–Crippen MR) is 101 cm³/mol. The second-order valence-corrected chi connectivity index (χ2v) is 7.90. The minimum atomic E-state index is 0.0422. The molecule has 0 aromatic carbocycles. The molecular formula is C19H26N4OS. The summed E-state index contributed by atoms with van der Waals surface area (Å²) in [5, 5.41) is 5.98. The molecule has 2 atom stereocenters. The molecule has 1 aliphatic rings. The van der Waals surface area contributed by atoms with Gasteiger partial charge in [-0.1, -0.05) is 6.92 Å². The number of piperidine rings is 1. The monoisotopic (exact) mass is 358 g/mol. The summed E-state index contributed by atoms with van der Waals surface area (Å²) in [6.45, 7) is 7.59. The summed E-state index contributed by atoms with van der Waals surface area (Å²) in [6.07, 6.45) is 6.45. The van der Waals surface area contributed by atoms with Crippen molar-refractivity contribution in [2.45, 2.75) is 39.2 Å². The summed E-state index contributed by atoms with van der Waals surface area (Å²) in [6, 6.07) is 4.04. The average molecular weight is 359 g/mol. The fourth-order valence-electron chi connectivity index (χ4n) is 3.39. The second kappa shape index (κ2) is 8.54. The summed E-state index contributed by atoms with van der Waals surface area (Å²) in [5.74, 6) is 0.804. The van der Waals surface area contributed by atoms with E-state index in [-0.39, 0.29) is 11.9 Å². The van der Waals surface area contributed by atoms with E-state index in [0.717, 1.165) is 41.8 Å². The maximum absolute atomic E-state index is 12.3. The number of carbonyl (C=O) groups is 1. The molecule has 134 valence electrons. The Morgan fingerprint density at radius 2 is 2.40 bits per heavy atom. The topological polar surface area (TPSA) is 58.1 Å². The molecule has 5 nitrogen and oxygen atoms in total. The summed E-state index contributed by atoms with van der Waals surface area (Å²) in [7, 11) is 0. The van der Waals surface area contributed by atoms with Crippen LogP contribution in [0.4, 0.5) is 0 Å². The van der Waals surface area contributed by atoms with E-state index in [4.69, 9.17) is 0 Å². The molecule has 1 amide bonds. The van der Waals surface area contributed by atoms with Gasteiger partial charge in [0.25, 0.3) is 0 Å². The standard InChI is InChI=1S/C19H26N4OS/c1-14-5-4-8-23(11-14)12-15(2)21-18(24)9-17-13-25-19(22-17)16-6-3-7-20-10-16/h3,6-7,10,13-15H,4-5,8-9,11-12H2,1-2H3,(H,21,24)/t14-,15+/m0/s1. The fraction of sp³-hybridized carbons (Fsp3) is 0.526. The van der Waals surface area contributed by atoms with Gasteiger partial charge in [0.2, 0.25) is 5.91 Å². The first-order valence-electron chi connectivity index (χ1n) is 8.96. The van der Waals surface area contributed by atoms with Crippen molar-refractivity contribution in [3.05, 3.63) is 35.6 Å². The number of thiazole rings is 1. The van der Waals surface area contributed by atoms with E-state index in [1.54, 1.807) is 23.7 Å². The van der Waals surface area contributed by atoms with Crippen molar-refractivity contribution < 1.29 is 4.79 Å². The third-order valence-corrected chi connectivity index (χ3v) is 5.42. The number of nitrogens with one attached hydrogen (secondary N) is 1. The summed E-state index contributed by atoms with van der Waals surface area (Å²) >= 11 is 1.55. The number of likely N-dealkylation sites (tertiary alicyclic amines) is 1. The molecule has 1 N–H and O–H groups in total. The maximum atomic E-state index is 12.3. The molecule has 1 saturated heterocycles. The molecular weight excluding hydrogens is 332 g/mol. The Labute approximate surface area is 153 Å². The lowest BCUT2D eigenvalue weighted by Gasteiger charge is -2.32. The Morgan fingerprint density at radius 1 is 1.52 bits per heavy atom. The van der Waals surface area contributed by atoms with Crippen LogP contribution >= 0.6 is 11.3 Å². The number of pyridine rings is 1. The van der Waals surface area contributed by atoms with Crippen molar-refractivity contribution in [2.24, 2.45) is 5.92 Å². The average Bonchev–Trinajstić information content (AvgIpc) is 3.03. The lowest BCUT2D eigenvalue weighted by atomic mass is 10.00. The SMILES string of the molecule is C[C@H]1CCCN(C[C@@H](C)NC(=O)Cc2csc(-c3cccnc3)n2)C1. The lowest BCUT2D eigenvalue weighted by Crippen LogP contribution is -2.45. The third kappa shape index (κ3) is 5.34. The van der Waals surface area contributed by atoms with Gasteiger partial charge in [0, 0.05) is 42.5 Å². The highest BCUT2D eigenvalue weighted by molar-refractivity contribution is 7.13. The number of aromatic nitrogens is 2. The van der Waals surface area contributed by atoms with Crippen LogP contribution in [0.1, 0.15) is 32.4 Å². The lowest BCUT2D eigenvalue weighted by molar-refractivity contribution is -0.121. The van der Waals surface area contributed by atoms with Crippen LogP contribution in [-0.2, 0) is 11.2 Å². The molecule has 0 spiro atoms. The smallest absolute Gasteiger partial charge is 0.226 e. The van der Waals surface area contributed by atoms with E-state index in [1.807, 2.05) is 17.5 Å². The van der Waals surface area contributed by atoms with Gasteiger partial charge in [-0.3, -0.25) is 9.78 Å². The molecule has 1 fully saturated rings. The van der Waals surface area contributed by atoms with Crippen molar-refractivity contribution >= 4 is 17.2 Å². The number of amides is 1. The fourth-order valence-corrected chi connectivity index (χ4v) is 4.20. The molecule has 0 saturated carbocycles. The molecule has 3 heterocycles. The van der Waals surface area contributed by atoms with Gasteiger partial charge in [0.05, 0.1) is 12.1 Å². The molecule has 0 unspecified atom stereocenters. The van der Waals surface area contributed by atoms with Gasteiger partial charge in [-0.15, -0.1) is 11.3 Å². The predicted octanol–water partition coefficient (Wildman–Crippen LogP) is 2.98. The molecule has 25 heavy (non-hydrogen) atoms. The van der Waals surface area contributed by atoms with Gasteiger partial charge in [-0.25, -0.2) is 4.98 Å². The van der Waals surface area contributed by atoms with Gasteiger partial charge < -0.3 is 10.2 Å². The van der Waals surface area contributed by atoms with Crippen molar-refractivity contribution in [1.29, 1.82) is 0 Å². The number of hydrogen-bond donors (Lipinski definition) is 1. The van der Waals surface area contributed by atoms with Gasteiger partial charge >= 0.3 is 0 Å². The first kappa shape index (κ1) is 18.0. The zero-order valence-electron chi connectivity index (χ0n) is 14.9. The van der Waals surface area contributed by atoms with Gasteiger partial charge in [0.1, 0.15) is 5.01 Å². The van der Waals surface area contributed by atoms with E-state index in [2.05, 4.69) is 34.0 Å². The molecule has 2 aromatic rings. The Morgan fingerprint density at radius 3 is 3.16 bits per heavy atom. The largest absolute Gasteiger partial charge is 0.352 e. The van der Waals surface area contributed by atoms with Crippen LogP contribution in [0.5, 0.6) is 0 Å². The van der Waals surface area contributed by atoms with Crippen molar-refractivity contribution in [2.75, 3.05) is 19.6 Å². The first-order chi connectivity index (χ1) is 12.1. The molecule has 3 rings (SSSR count). The van der Waals surface area contributed by atoms with Crippen LogP contribution < -0.4 is 5.32 Å². The molecule has 0 radical (unpaired) electrons. The normalized spacial score (nSPS) is 19.5. The van der Waals surface area contributed by atoms with Crippen LogP contribution in [0.25, 0.3) is 10.6 Å². The maximum Gasteiger partial charge on any atom is 0.226 e. The Hall–Kier alpha value is -1.79. The quantitative estimate of drug-likeness (QED) is 0.862. The summed E-state index contributed by atoms with van der Waals surface area (Å²) < 4.78 is 0. The molecule has 0 aliphatic carbocycles. The van der Waals surface area contributed by atoms with E-state index in [1.165, 1.54) is 12.8 Å². The number of hydrogen-bond acceptors (Lipinski definition) is 5. The van der Waals surface area contributed by atoms with Crippen LogP contribution in [0.3, 0.4) is 0 Å². The Bertz CT molecular complexity index is 688. The van der Waals surface area contributed by atoms with E-state index in [9.17, 15) is 4.79 Å². The number of nitrogens with zero attached hydrogens (tertiary/aromatic N) is 3.